The minimum Gasteiger partial charge on any atom is -0.266 e. The molecule has 1 aliphatic heterocycles. The number of hydrogen-bond acceptors (Lipinski definition) is 7. The van der Waals surface area contributed by atoms with Crippen LogP contribution in [0.4, 0.5) is 0 Å². The summed E-state index contributed by atoms with van der Waals surface area (Å²) in [5, 5.41) is 2.30. The summed E-state index contributed by atoms with van der Waals surface area (Å²) in [7, 11) is -4.02. The van der Waals surface area contributed by atoms with Gasteiger partial charge in [0.25, 0.3) is 21.9 Å². The summed E-state index contributed by atoms with van der Waals surface area (Å²) in [6.07, 6.45) is 1.92. The molecule has 1 unspecified atom stereocenters. The van der Waals surface area contributed by atoms with Gasteiger partial charge in [-0.25, -0.2) is 0 Å². The Bertz CT molecular complexity index is 1010. The Balaban J connectivity index is 1.93. The maximum atomic E-state index is 12.7. The molecule has 0 bridgehead atoms. The third-order valence-electron chi connectivity index (χ3n) is 4.36. The highest BCUT2D eigenvalue weighted by atomic mass is 32.2. The first kappa shape index (κ1) is 21.2. The second-order valence-electron chi connectivity index (χ2n) is 6.46. The van der Waals surface area contributed by atoms with E-state index in [-0.39, 0.29) is 11.1 Å². The van der Waals surface area contributed by atoms with Gasteiger partial charge in [0.15, 0.2) is 0 Å². The molecule has 0 saturated heterocycles. The van der Waals surface area contributed by atoms with Gasteiger partial charge in [0.1, 0.15) is 0 Å². The Morgan fingerprint density at radius 2 is 1.75 bits per heavy atom. The van der Waals surface area contributed by atoms with Crippen LogP contribution in [0.1, 0.15) is 41.0 Å². The molecule has 1 atom stereocenters. The number of thioether (sulfide) groups is 2. The molecule has 150 valence electrons. The molecule has 0 radical (unpaired) electrons. The van der Waals surface area contributed by atoms with Crippen molar-refractivity contribution >= 4 is 56.2 Å². The number of nitrogens with zero attached hydrogens (tertiary/aromatic N) is 1. The van der Waals surface area contributed by atoms with Crippen molar-refractivity contribution in [2.45, 2.75) is 30.4 Å². The zero-order chi connectivity index (χ0) is 20.5. The van der Waals surface area contributed by atoms with Gasteiger partial charge in [-0.15, -0.1) is 21.1 Å². The predicted molar refractivity (Wildman–Crippen MR) is 113 cm³/mol. The third kappa shape index (κ3) is 4.37. The van der Waals surface area contributed by atoms with Crippen molar-refractivity contribution in [1.82, 2.24) is 5.06 Å². The number of hydroxylamine groups is 2. The number of hydrogen-bond donors (Lipinski definition) is 0. The van der Waals surface area contributed by atoms with Crippen molar-refractivity contribution in [2.75, 3.05) is 17.8 Å². The SMILES string of the molecule is CCC(C)SCCSc1ccc2c3c(cccc13)C(=O)N(OS(C)(=O)=O)C2=O. The predicted octanol–water partition coefficient (Wildman–Crippen LogP) is 3.95. The van der Waals surface area contributed by atoms with Crippen molar-refractivity contribution < 1.29 is 22.3 Å². The summed E-state index contributed by atoms with van der Waals surface area (Å²) < 4.78 is 27.5. The lowest BCUT2D eigenvalue weighted by atomic mass is 9.95. The smallest absolute Gasteiger partial charge is 0.266 e. The number of imide groups is 1. The van der Waals surface area contributed by atoms with E-state index in [2.05, 4.69) is 18.1 Å². The third-order valence-corrected chi connectivity index (χ3v) is 7.45. The van der Waals surface area contributed by atoms with Crippen molar-refractivity contribution in [1.29, 1.82) is 0 Å². The topological polar surface area (TPSA) is 80.8 Å². The molecule has 2 amide bonds. The van der Waals surface area contributed by atoms with Gasteiger partial charge in [-0.1, -0.05) is 26.0 Å². The summed E-state index contributed by atoms with van der Waals surface area (Å²) in [5.41, 5.74) is 0.513. The molecule has 28 heavy (non-hydrogen) atoms. The highest BCUT2D eigenvalue weighted by Crippen LogP contribution is 2.36. The summed E-state index contributed by atoms with van der Waals surface area (Å²) in [4.78, 5) is 26.3. The summed E-state index contributed by atoms with van der Waals surface area (Å²) in [6, 6.07) is 8.65. The maximum absolute atomic E-state index is 12.7. The lowest BCUT2D eigenvalue weighted by Gasteiger charge is -2.25. The highest BCUT2D eigenvalue weighted by molar-refractivity contribution is 8.03. The average Bonchev–Trinajstić information content (AvgIpc) is 2.66. The van der Waals surface area contributed by atoms with Gasteiger partial charge in [-0.05, 0) is 30.0 Å². The van der Waals surface area contributed by atoms with Crippen LogP contribution in [0.5, 0.6) is 0 Å². The van der Waals surface area contributed by atoms with Gasteiger partial charge in [0, 0.05) is 27.0 Å². The molecule has 0 spiro atoms. The van der Waals surface area contributed by atoms with Gasteiger partial charge in [0.2, 0.25) is 0 Å². The van der Waals surface area contributed by atoms with E-state index in [1.165, 1.54) is 0 Å². The lowest BCUT2D eigenvalue weighted by Crippen LogP contribution is -2.41. The Morgan fingerprint density at radius 3 is 2.39 bits per heavy atom. The molecular formula is C19H21NO5S3. The maximum Gasteiger partial charge on any atom is 0.286 e. The quantitative estimate of drug-likeness (QED) is 0.350. The van der Waals surface area contributed by atoms with E-state index in [9.17, 15) is 18.0 Å². The molecule has 2 aromatic carbocycles. The largest absolute Gasteiger partial charge is 0.286 e. The van der Waals surface area contributed by atoms with E-state index in [0.29, 0.717) is 15.7 Å². The molecule has 1 heterocycles. The first-order valence-corrected chi connectivity index (χ1v) is 12.7. The number of carbonyl (C=O) groups excluding carboxylic acids is 2. The van der Waals surface area contributed by atoms with E-state index in [0.717, 1.165) is 34.5 Å². The second-order valence-corrected chi connectivity index (χ2v) is 10.7. The van der Waals surface area contributed by atoms with Crippen LogP contribution in [0.3, 0.4) is 0 Å². The minimum absolute atomic E-state index is 0.257. The molecule has 6 nitrogen and oxygen atoms in total. The van der Waals surface area contributed by atoms with Crippen LogP contribution in [0, 0.1) is 0 Å². The zero-order valence-electron chi connectivity index (χ0n) is 15.8. The molecule has 9 heteroatoms. The Kier molecular flexibility index (Phi) is 6.38. The summed E-state index contributed by atoms with van der Waals surface area (Å²) in [5.74, 6) is 0.376. The molecule has 2 aromatic rings. The molecule has 0 fully saturated rings. The van der Waals surface area contributed by atoms with Crippen LogP contribution in [0.15, 0.2) is 35.2 Å². The Hall–Kier alpha value is -1.55. The van der Waals surface area contributed by atoms with Crippen LogP contribution in [-0.4, -0.2) is 48.3 Å². The van der Waals surface area contributed by atoms with Gasteiger partial charge in [-0.3, -0.25) is 9.59 Å². The van der Waals surface area contributed by atoms with Crippen molar-refractivity contribution in [3.05, 3.63) is 41.5 Å². The van der Waals surface area contributed by atoms with E-state index in [4.69, 9.17) is 0 Å². The normalized spacial score (nSPS) is 15.3. The molecule has 0 aromatic heterocycles. The first-order valence-electron chi connectivity index (χ1n) is 8.81. The van der Waals surface area contributed by atoms with Crippen molar-refractivity contribution in [3.63, 3.8) is 0 Å². The number of rotatable bonds is 8. The van der Waals surface area contributed by atoms with E-state index in [1.54, 1.807) is 30.0 Å². The van der Waals surface area contributed by atoms with E-state index < -0.39 is 21.9 Å². The minimum atomic E-state index is -4.02. The number of amides is 2. The second kappa shape index (κ2) is 8.44. The molecule has 0 aliphatic carbocycles. The molecule has 0 N–H and O–H groups in total. The van der Waals surface area contributed by atoms with Gasteiger partial charge in [0.05, 0.1) is 17.4 Å². The fourth-order valence-corrected chi connectivity index (χ4v) is 5.37. The number of benzene rings is 2. The van der Waals surface area contributed by atoms with Crippen molar-refractivity contribution in [2.24, 2.45) is 0 Å². The molecule has 3 rings (SSSR count). The van der Waals surface area contributed by atoms with Crippen LogP contribution in [0.25, 0.3) is 10.8 Å². The van der Waals surface area contributed by atoms with Crippen LogP contribution >= 0.6 is 23.5 Å². The Labute approximate surface area is 173 Å². The molecular weight excluding hydrogens is 418 g/mol. The lowest BCUT2D eigenvalue weighted by molar-refractivity contribution is -0.0149. The van der Waals surface area contributed by atoms with Gasteiger partial charge < -0.3 is 0 Å². The molecule has 1 aliphatic rings. The van der Waals surface area contributed by atoms with Gasteiger partial charge >= 0.3 is 0 Å². The van der Waals surface area contributed by atoms with Crippen molar-refractivity contribution in [3.8, 4) is 0 Å². The first-order chi connectivity index (χ1) is 13.2. The number of carbonyl (C=O) groups is 2. The van der Waals surface area contributed by atoms with E-state index >= 15 is 0 Å². The Morgan fingerprint density at radius 1 is 1.07 bits per heavy atom. The van der Waals surface area contributed by atoms with E-state index in [1.807, 2.05) is 23.9 Å². The summed E-state index contributed by atoms with van der Waals surface area (Å²) in [6.45, 7) is 4.38. The fourth-order valence-electron chi connectivity index (χ4n) is 2.90. The average molecular weight is 440 g/mol. The standard InChI is InChI=1S/C19H21NO5S3/c1-4-12(2)26-10-11-27-16-9-8-15-17-13(16)6-5-7-14(17)18(21)20(19(15)22)25-28(3,23)24/h5-9,12H,4,10-11H2,1-3H3. The van der Waals surface area contributed by atoms with Crippen LogP contribution in [0.2, 0.25) is 0 Å². The van der Waals surface area contributed by atoms with Gasteiger partial charge in [-0.2, -0.15) is 20.2 Å². The molecule has 0 saturated carbocycles. The van der Waals surface area contributed by atoms with Crippen LogP contribution < -0.4 is 0 Å². The highest BCUT2D eigenvalue weighted by Gasteiger charge is 2.36. The fraction of sp³-hybridized carbons (Fsp3) is 0.368. The van der Waals surface area contributed by atoms with Crippen LogP contribution in [-0.2, 0) is 14.4 Å². The zero-order valence-corrected chi connectivity index (χ0v) is 18.2. The monoisotopic (exact) mass is 439 g/mol. The summed E-state index contributed by atoms with van der Waals surface area (Å²) >= 11 is 3.60.